The molecule has 0 atom stereocenters. The molecule has 0 bridgehead atoms. The van der Waals surface area contributed by atoms with Crippen LogP contribution in [0.2, 0.25) is 0 Å². The summed E-state index contributed by atoms with van der Waals surface area (Å²) in [4.78, 5) is 22.7. The molecule has 3 aromatic rings. The van der Waals surface area contributed by atoms with E-state index in [2.05, 4.69) is 10.6 Å². The van der Waals surface area contributed by atoms with E-state index in [1.807, 2.05) is 30.3 Å². The maximum atomic E-state index is 12.0. The van der Waals surface area contributed by atoms with E-state index < -0.39 is 4.92 Å². The summed E-state index contributed by atoms with van der Waals surface area (Å²) in [7, 11) is 0. The summed E-state index contributed by atoms with van der Waals surface area (Å²) in [6, 6.07) is 22.8. The second-order valence-corrected chi connectivity index (χ2v) is 5.64. The van der Waals surface area contributed by atoms with Crippen molar-refractivity contribution in [2.24, 2.45) is 0 Å². The van der Waals surface area contributed by atoms with E-state index in [9.17, 15) is 14.9 Å². The Kier molecular flexibility index (Phi) is 5.24. The molecule has 0 saturated carbocycles. The van der Waals surface area contributed by atoms with Gasteiger partial charge < -0.3 is 10.6 Å². The highest BCUT2D eigenvalue weighted by Gasteiger charge is 2.13. The third-order valence-corrected chi connectivity index (χ3v) is 3.85. The molecule has 2 amide bonds. The van der Waals surface area contributed by atoms with Crippen LogP contribution in [-0.2, 0) is 6.54 Å². The molecule has 6 heteroatoms. The summed E-state index contributed by atoms with van der Waals surface area (Å²) in [5, 5.41) is 16.7. The summed E-state index contributed by atoms with van der Waals surface area (Å²) in [6.07, 6.45) is 0. The lowest BCUT2D eigenvalue weighted by molar-refractivity contribution is -0.384. The van der Waals surface area contributed by atoms with Crippen molar-refractivity contribution in [3.05, 3.63) is 94.5 Å². The predicted octanol–water partition coefficient (Wildman–Crippen LogP) is 4.58. The maximum absolute atomic E-state index is 12.0. The number of urea groups is 1. The van der Waals surface area contributed by atoms with E-state index in [4.69, 9.17) is 0 Å². The minimum atomic E-state index is -0.404. The lowest BCUT2D eigenvalue weighted by atomic mass is 10.0. The van der Waals surface area contributed by atoms with Gasteiger partial charge in [0, 0.05) is 18.3 Å². The fourth-order valence-electron chi connectivity index (χ4n) is 2.56. The molecule has 0 aromatic heterocycles. The molecule has 130 valence electrons. The molecule has 0 radical (unpaired) electrons. The first-order valence-electron chi connectivity index (χ1n) is 8.06. The Morgan fingerprint density at radius 1 is 0.885 bits per heavy atom. The Balaban J connectivity index is 1.65. The molecule has 3 rings (SSSR count). The number of nitrogens with zero attached hydrogens (tertiary/aromatic N) is 1. The second-order valence-electron chi connectivity index (χ2n) is 5.64. The van der Waals surface area contributed by atoms with E-state index in [-0.39, 0.29) is 11.7 Å². The van der Waals surface area contributed by atoms with Crippen LogP contribution >= 0.6 is 0 Å². The van der Waals surface area contributed by atoms with E-state index in [1.165, 1.54) is 6.07 Å². The number of carbonyl (C=O) groups excluding carboxylic acids is 1. The van der Waals surface area contributed by atoms with E-state index in [0.29, 0.717) is 23.4 Å². The predicted molar refractivity (Wildman–Crippen MR) is 101 cm³/mol. The highest BCUT2D eigenvalue weighted by Crippen LogP contribution is 2.30. The number of carbonyl (C=O) groups is 1. The quantitative estimate of drug-likeness (QED) is 0.523. The average Bonchev–Trinajstić information content (AvgIpc) is 2.68. The van der Waals surface area contributed by atoms with Gasteiger partial charge in [-0.2, -0.15) is 0 Å². The maximum Gasteiger partial charge on any atom is 0.319 e. The normalized spacial score (nSPS) is 10.2. The number of para-hydroxylation sites is 1. The highest BCUT2D eigenvalue weighted by atomic mass is 16.6. The van der Waals surface area contributed by atoms with Crippen LogP contribution in [0.5, 0.6) is 0 Å². The Morgan fingerprint density at radius 2 is 1.54 bits per heavy atom. The van der Waals surface area contributed by atoms with Crippen molar-refractivity contribution < 1.29 is 9.72 Å². The Hall–Kier alpha value is -3.67. The van der Waals surface area contributed by atoms with Crippen molar-refractivity contribution in [2.75, 3.05) is 5.32 Å². The average molecular weight is 347 g/mol. The van der Waals surface area contributed by atoms with Crippen molar-refractivity contribution in [1.29, 1.82) is 0 Å². The highest BCUT2D eigenvalue weighted by molar-refractivity contribution is 5.89. The third kappa shape index (κ3) is 4.24. The Morgan fingerprint density at radius 3 is 2.23 bits per heavy atom. The molecule has 0 aliphatic carbocycles. The van der Waals surface area contributed by atoms with Crippen LogP contribution in [0.1, 0.15) is 5.56 Å². The number of nitro benzene ring substituents is 1. The molecule has 0 spiro atoms. The number of amides is 2. The molecular weight excluding hydrogens is 330 g/mol. The molecular formula is C20H17N3O3. The van der Waals surface area contributed by atoms with Gasteiger partial charge >= 0.3 is 6.03 Å². The fraction of sp³-hybridized carbons (Fsp3) is 0.0500. The van der Waals surface area contributed by atoms with Crippen LogP contribution in [0.15, 0.2) is 78.9 Å². The number of anilines is 1. The standard InChI is InChI=1S/C20H17N3O3/c24-20(21-14-15-6-2-1-3-7-15)22-17-12-10-16(11-13-17)18-8-4-5-9-19(18)23(25)26/h1-13H,14H2,(H2,21,22,24). The monoisotopic (exact) mass is 347 g/mol. The van der Waals surface area contributed by atoms with Gasteiger partial charge in [0.05, 0.1) is 10.5 Å². The first-order chi connectivity index (χ1) is 12.6. The zero-order valence-electron chi connectivity index (χ0n) is 13.9. The molecule has 0 aliphatic rings. The number of nitro groups is 1. The van der Waals surface area contributed by atoms with Crippen molar-refractivity contribution in [1.82, 2.24) is 5.32 Å². The molecule has 0 heterocycles. The summed E-state index contributed by atoms with van der Waals surface area (Å²) in [5.41, 5.74) is 2.92. The van der Waals surface area contributed by atoms with Crippen LogP contribution in [0, 0.1) is 10.1 Å². The second kappa shape index (κ2) is 7.94. The van der Waals surface area contributed by atoms with E-state index in [1.54, 1.807) is 42.5 Å². The van der Waals surface area contributed by atoms with Gasteiger partial charge in [-0.15, -0.1) is 0 Å². The topological polar surface area (TPSA) is 84.3 Å². The van der Waals surface area contributed by atoms with Crippen molar-refractivity contribution in [3.8, 4) is 11.1 Å². The molecule has 2 N–H and O–H groups in total. The van der Waals surface area contributed by atoms with Crippen LogP contribution < -0.4 is 10.6 Å². The van der Waals surface area contributed by atoms with Gasteiger partial charge in [0.1, 0.15) is 0 Å². The molecule has 26 heavy (non-hydrogen) atoms. The van der Waals surface area contributed by atoms with Gasteiger partial charge in [-0.1, -0.05) is 54.6 Å². The molecule has 6 nitrogen and oxygen atoms in total. The summed E-state index contributed by atoms with van der Waals surface area (Å²) < 4.78 is 0. The van der Waals surface area contributed by atoms with Crippen LogP contribution in [0.4, 0.5) is 16.2 Å². The Bertz CT molecular complexity index is 909. The molecule has 0 unspecified atom stereocenters. The Labute approximate surface area is 150 Å². The molecule has 0 fully saturated rings. The largest absolute Gasteiger partial charge is 0.334 e. The fourth-order valence-corrected chi connectivity index (χ4v) is 2.56. The minimum absolute atomic E-state index is 0.0498. The third-order valence-electron chi connectivity index (χ3n) is 3.85. The summed E-state index contributed by atoms with van der Waals surface area (Å²) in [5.74, 6) is 0. The van der Waals surface area contributed by atoms with Gasteiger partial charge in [0.25, 0.3) is 5.69 Å². The first-order valence-corrected chi connectivity index (χ1v) is 8.06. The summed E-state index contributed by atoms with van der Waals surface area (Å²) >= 11 is 0. The van der Waals surface area contributed by atoms with Crippen LogP contribution in [-0.4, -0.2) is 11.0 Å². The van der Waals surface area contributed by atoms with Gasteiger partial charge in [-0.3, -0.25) is 10.1 Å². The minimum Gasteiger partial charge on any atom is -0.334 e. The van der Waals surface area contributed by atoms with Crippen molar-refractivity contribution in [2.45, 2.75) is 6.54 Å². The SMILES string of the molecule is O=C(NCc1ccccc1)Nc1ccc(-c2ccccc2[N+](=O)[O-])cc1. The van der Waals surface area contributed by atoms with Crippen molar-refractivity contribution >= 4 is 17.4 Å². The van der Waals surface area contributed by atoms with Gasteiger partial charge in [0.15, 0.2) is 0 Å². The first kappa shape index (κ1) is 17.2. The van der Waals surface area contributed by atoms with Crippen LogP contribution in [0.25, 0.3) is 11.1 Å². The number of rotatable bonds is 5. The molecule has 0 aliphatic heterocycles. The van der Waals surface area contributed by atoms with Crippen molar-refractivity contribution in [3.63, 3.8) is 0 Å². The lowest BCUT2D eigenvalue weighted by Gasteiger charge is -2.09. The number of hydrogen-bond acceptors (Lipinski definition) is 3. The van der Waals surface area contributed by atoms with E-state index in [0.717, 1.165) is 5.56 Å². The lowest BCUT2D eigenvalue weighted by Crippen LogP contribution is -2.28. The van der Waals surface area contributed by atoms with Crippen LogP contribution in [0.3, 0.4) is 0 Å². The zero-order chi connectivity index (χ0) is 18.4. The number of benzene rings is 3. The smallest absolute Gasteiger partial charge is 0.319 e. The number of nitrogens with one attached hydrogen (secondary N) is 2. The van der Waals surface area contributed by atoms with Gasteiger partial charge in [0.2, 0.25) is 0 Å². The molecule has 0 saturated heterocycles. The molecule has 3 aromatic carbocycles. The van der Waals surface area contributed by atoms with Gasteiger partial charge in [-0.25, -0.2) is 4.79 Å². The summed E-state index contributed by atoms with van der Waals surface area (Å²) in [6.45, 7) is 0.432. The number of hydrogen-bond donors (Lipinski definition) is 2. The van der Waals surface area contributed by atoms with E-state index >= 15 is 0 Å². The zero-order valence-corrected chi connectivity index (χ0v) is 13.9. The van der Waals surface area contributed by atoms with Gasteiger partial charge in [-0.05, 0) is 29.3 Å².